The Kier molecular flexibility index (Phi) is 2.97. The monoisotopic (exact) mass is 279 g/mol. The van der Waals surface area contributed by atoms with Crippen LogP contribution in [0, 0.1) is 0 Å². The minimum Gasteiger partial charge on any atom is -0.488 e. The second-order valence-electron chi connectivity index (χ2n) is 5.10. The third kappa shape index (κ3) is 2.61. The number of nitrogens with one attached hydrogen (secondary N) is 1. The normalized spacial score (nSPS) is 27.4. The Morgan fingerprint density at radius 1 is 1.35 bits per heavy atom. The lowest BCUT2D eigenvalue weighted by molar-refractivity contribution is -0.274. The van der Waals surface area contributed by atoms with E-state index in [4.69, 9.17) is 20.4 Å². The Labute approximate surface area is 116 Å². The van der Waals surface area contributed by atoms with Gasteiger partial charge in [-0.15, -0.1) is 13.2 Å². The first kappa shape index (κ1) is 13.7. The number of hydrogen-bond donors (Lipinski definition) is 1. The van der Waals surface area contributed by atoms with Crippen molar-refractivity contribution in [1.29, 1.82) is 0 Å². The summed E-state index contributed by atoms with van der Waals surface area (Å²) in [7, 11) is 11.7. The number of hydrogen-bond acceptors (Lipinski definition) is 3. The van der Waals surface area contributed by atoms with Crippen molar-refractivity contribution in [2.24, 2.45) is 0 Å². The zero-order valence-corrected chi connectivity index (χ0v) is 10.4. The predicted molar refractivity (Wildman–Crippen MR) is 66.9 cm³/mol. The molecule has 8 heteroatoms. The lowest BCUT2D eigenvalue weighted by Crippen LogP contribution is -2.55. The summed E-state index contributed by atoms with van der Waals surface area (Å²) in [6, 6.07) is 3.81. The van der Waals surface area contributed by atoms with Crippen LogP contribution in [-0.2, 0) is 0 Å². The third-order valence-electron chi connectivity index (χ3n) is 3.47. The molecule has 0 amide bonds. The quantitative estimate of drug-likeness (QED) is 0.794. The summed E-state index contributed by atoms with van der Waals surface area (Å²) in [5, 5.41) is 2.05. The van der Waals surface area contributed by atoms with Crippen molar-refractivity contribution in [3.05, 3.63) is 23.8 Å². The van der Waals surface area contributed by atoms with Crippen LogP contribution in [0.3, 0.4) is 0 Å². The van der Waals surface area contributed by atoms with Crippen molar-refractivity contribution in [2.45, 2.75) is 36.7 Å². The number of alkyl halides is 3. The molecule has 0 aliphatic carbocycles. The van der Waals surface area contributed by atoms with Crippen LogP contribution in [0.2, 0.25) is 0 Å². The van der Waals surface area contributed by atoms with Crippen LogP contribution in [0.15, 0.2) is 18.2 Å². The number of ether oxygens (including phenoxy) is 2. The lowest BCUT2D eigenvalue weighted by Gasteiger charge is -2.39. The molecule has 4 radical (unpaired) electrons. The Bertz CT molecular complexity index is 536. The predicted octanol–water partition coefficient (Wildman–Crippen LogP) is 1.76. The van der Waals surface area contributed by atoms with Gasteiger partial charge in [-0.05, 0) is 25.0 Å². The fourth-order valence-corrected chi connectivity index (χ4v) is 2.64. The van der Waals surface area contributed by atoms with Crippen LogP contribution < -0.4 is 14.8 Å². The first-order chi connectivity index (χ1) is 9.23. The molecule has 3 rings (SSSR count). The smallest absolute Gasteiger partial charge is 0.488 e. The van der Waals surface area contributed by atoms with Crippen molar-refractivity contribution in [3.63, 3.8) is 0 Å². The highest BCUT2D eigenvalue weighted by molar-refractivity contribution is 6.40. The van der Waals surface area contributed by atoms with E-state index in [0.717, 1.165) is 5.56 Å². The summed E-state index contributed by atoms with van der Waals surface area (Å²) in [5.74, 6) is 0.0635. The molecule has 1 saturated heterocycles. The van der Waals surface area contributed by atoms with Gasteiger partial charge in [-0.25, -0.2) is 0 Å². The highest BCUT2D eigenvalue weighted by Crippen LogP contribution is 2.44. The Morgan fingerprint density at radius 2 is 2.10 bits per heavy atom. The highest BCUT2D eigenvalue weighted by Gasteiger charge is 2.41. The van der Waals surface area contributed by atoms with E-state index in [-0.39, 0.29) is 17.9 Å². The largest absolute Gasteiger partial charge is 0.573 e. The maximum Gasteiger partial charge on any atom is 0.573 e. The van der Waals surface area contributed by atoms with E-state index in [2.05, 4.69) is 10.1 Å². The van der Waals surface area contributed by atoms with Crippen molar-refractivity contribution in [2.75, 3.05) is 0 Å². The zero-order chi connectivity index (χ0) is 14.5. The van der Waals surface area contributed by atoms with E-state index in [1.165, 1.54) is 18.2 Å². The molecule has 2 aliphatic rings. The summed E-state index contributed by atoms with van der Waals surface area (Å²) in [6.07, 6.45) is -3.74. The van der Waals surface area contributed by atoms with Gasteiger partial charge in [0.1, 0.15) is 17.6 Å². The maximum absolute atomic E-state index is 12.2. The number of halogens is 3. The van der Waals surface area contributed by atoms with Gasteiger partial charge in [0.05, 0.1) is 21.7 Å². The van der Waals surface area contributed by atoms with Gasteiger partial charge in [0.15, 0.2) is 0 Å². The Balaban J connectivity index is 1.85. The van der Waals surface area contributed by atoms with Crippen LogP contribution in [0.5, 0.6) is 11.5 Å². The van der Waals surface area contributed by atoms with Crippen molar-refractivity contribution < 1.29 is 22.6 Å². The minimum absolute atomic E-state index is 0.175. The van der Waals surface area contributed by atoms with Crippen LogP contribution >= 0.6 is 0 Å². The van der Waals surface area contributed by atoms with Gasteiger partial charge >= 0.3 is 6.36 Å². The second kappa shape index (κ2) is 4.35. The molecule has 0 saturated carbocycles. The SMILES string of the molecule is [B]C1([B])CCC2Oc3cc(OC(F)(F)F)ccc3C2N1. The molecule has 0 bridgehead atoms. The second-order valence-corrected chi connectivity index (χ2v) is 5.10. The van der Waals surface area contributed by atoms with Gasteiger partial charge in [-0.3, -0.25) is 0 Å². The van der Waals surface area contributed by atoms with Gasteiger partial charge in [0.2, 0.25) is 0 Å². The summed E-state index contributed by atoms with van der Waals surface area (Å²) in [6.45, 7) is 0. The molecule has 1 aromatic rings. The zero-order valence-electron chi connectivity index (χ0n) is 10.4. The van der Waals surface area contributed by atoms with Crippen LogP contribution in [0.25, 0.3) is 0 Å². The van der Waals surface area contributed by atoms with Gasteiger partial charge in [0.25, 0.3) is 0 Å². The van der Waals surface area contributed by atoms with Gasteiger partial charge < -0.3 is 14.8 Å². The van der Waals surface area contributed by atoms with E-state index in [0.29, 0.717) is 18.6 Å². The maximum atomic E-state index is 12.2. The molecular formula is C12H10B2F3NO2. The molecule has 1 fully saturated rings. The standard InChI is InChI=1S/C12H10B2F3NO2/c13-11(14)4-3-8-10(18-11)7-2-1-6(5-9(7)19-8)20-12(15,16)17/h1-2,5,8,10,18H,3-4H2. The van der Waals surface area contributed by atoms with Crippen LogP contribution in [-0.4, -0.2) is 33.5 Å². The number of benzene rings is 1. The van der Waals surface area contributed by atoms with Crippen molar-refractivity contribution >= 4 is 15.7 Å². The molecule has 0 spiro atoms. The number of fused-ring (bicyclic) bond motifs is 3. The van der Waals surface area contributed by atoms with E-state index in [1.54, 1.807) is 0 Å². The van der Waals surface area contributed by atoms with Gasteiger partial charge in [-0.2, -0.15) is 0 Å². The van der Waals surface area contributed by atoms with E-state index >= 15 is 0 Å². The highest BCUT2D eigenvalue weighted by atomic mass is 19.4. The molecule has 0 aromatic heterocycles. The fourth-order valence-electron chi connectivity index (χ4n) is 2.64. The molecule has 2 unspecified atom stereocenters. The first-order valence-corrected chi connectivity index (χ1v) is 6.15. The molecule has 20 heavy (non-hydrogen) atoms. The van der Waals surface area contributed by atoms with Gasteiger partial charge in [0, 0.05) is 11.6 Å². The molecule has 2 aliphatic heterocycles. The Hall–Kier alpha value is -1.30. The van der Waals surface area contributed by atoms with Crippen molar-refractivity contribution in [3.8, 4) is 11.5 Å². The van der Waals surface area contributed by atoms with Crippen LogP contribution in [0.4, 0.5) is 13.2 Å². The summed E-state index contributed by atoms with van der Waals surface area (Å²) < 4.78 is 46.1. The molecule has 102 valence electrons. The topological polar surface area (TPSA) is 30.5 Å². The molecule has 1 aromatic carbocycles. The number of rotatable bonds is 1. The summed E-state index contributed by atoms with van der Waals surface area (Å²) in [5.41, 5.74) is 0.740. The summed E-state index contributed by atoms with van der Waals surface area (Å²) >= 11 is 0. The minimum atomic E-state index is -4.72. The average molecular weight is 279 g/mol. The Morgan fingerprint density at radius 3 is 2.80 bits per heavy atom. The molecular weight excluding hydrogens is 269 g/mol. The molecule has 2 heterocycles. The van der Waals surface area contributed by atoms with E-state index in [1.807, 2.05) is 0 Å². The first-order valence-electron chi connectivity index (χ1n) is 6.15. The van der Waals surface area contributed by atoms with Crippen LogP contribution in [0.1, 0.15) is 24.4 Å². The molecule has 1 N–H and O–H groups in total. The lowest BCUT2D eigenvalue weighted by atomic mass is 9.57. The average Bonchev–Trinajstić information content (AvgIpc) is 2.62. The molecule has 2 atom stereocenters. The molecule has 3 nitrogen and oxygen atoms in total. The van der Waals surface area contributed by atoms with Gasteiger partial charge in [-0.1, -0.05) is 5.34 Å². The number of piperidine rings is 1. The fraction of sp³-hybridized carbons (Fsp3) is 0.500. The van der Waals surface area contributed by atoms with E-state index in [9.17, 15) is 13.2 Å². The summed E-state index contributed by atoms with van der Waals surface area (Å²) in [4.78, 5) is 0. The van der Waals surface area contributed by atoms with E-state index < -0.39 is 11.7 Å². The third-order valence-corrected chi connectivity index (χ3v) is 3.47. The van der Waals surface area contributed by atoms with Crippen molar-refractivity contribution in [1.82, 2.24) is 5.32 Å².